The smallest absolute Gasteiger partial charge is 0.263 e. The van der Waals surface area contributed by atoms with Crippen LogP contribution in [0.25, 0.3) is 10.2 Å². The fourth-order valence-corrected chi connectivity index (χ4v) is 3.88. The molecule has 25 heavy (non-hydrogen) atoms. The second-order valence-electron chi connectivity index (χ2n) is 5.98. The predicted molar refractivity (Wildman–Crippen MR) is 105 cm³/mol. The number of carbonyl (C=O) groups is 1. The zero-order chi connectivity index (χ0) is 18.1. The molecule has 7 heteroatoms. The van der Waals surface area contributed by atoms with Crippen LogP contribution in [0.1, 0.15) is 22.9 Å². The normalized spacial score (nSPS) is 11.0. The van der Waals surface area contributed by atoms with Crippen LogP contribution in [0.3, 0.4) is 0 Å². The highest BCUT2D eigenvalue weighted by Crippen LogP contribution is 2.21. The van der Waals surface area contributed by atoms with Crippen molar-refractivity contribution in [3.63, 3.8) is 0 Å². The number of rotatable bonds is 4. The van der Waals surface area contributed by atoms with Crippen LogP contribution >= 0.6 is 23.6 Å². The van der Waals surface area contributed by atoms with E-state index in [9.17, 15) is 9.59 Å². The first-order chi connectivity index (χ1) is 11.9. The summed E-state index contributed by atoms with van der Waals surface area (Å²) in [5.74, 6) is -0.282. The molecule has 0 radical (unpaired) electrons. The van der Waals surface area contributed by atoms with E-state index in [2.05, 4.69) is 10.3 Å². The topological polar surface area (TPSA) is 66.9 Å². The summed E-state index contributed by atoms with van der Waals surface area (Å²) in [4.78, 5) is 29.9. The number of anilines is 1. The number of carbonyl (C=O) groups excluding carboxylic acids is 1. The van der Waals surface area contributed by atoms with Crippen LogP contribution in [0.4, 0.5) is 5.69 Å². The second-order valence-corrected chi connectivity index (χ2v) is 7.50. The molecular formula is C18H19N3O2S2. The maximum atomic E-state index is 12.7. The molecule has 0 aliphatic rings. The number of amides is 1. The molecule has 0 saturated carbocycles. The molecule has 130 valence electrons. The van der Waals surface area contributed by atoms with E-state index in [1.165, 1.54) is 15.9 Å². The Labute approximate surface area is 154 Å². The van der Waals surface area contributed by atoms with E-state index in [0.29, 0.717) is 11.1 Å². The van der Waals surface area contributed by atoms with Gasteiger partial charge in [-0.15, -0.1) is 11.3 Å². The lowest BCUT2D eigenvalue weighted by atomic mass is 10.1. The average Bonchev–Trinajstić information content (AvgIpc) is 2.98. The summed E-state index contributed by atoms with van der Waals surface area (Å²) < 4.78 is 1.57. The van der Waals surface area contributed by atoms with Crippen LogP contribution in [-0.2, 0) is 17.8 Å². The summed E-state index contributed by atoms with van der Waals surface area (Å²) >= 11 is 6.79. The van der Waals surface area contributed by atoms with Gasteiger partial charge in [-0.05, 0) is 61.8 Å². The fraction of sp³-hybridized carbons (Fsp3) is 0.278. The van der Waals surface area contributed by atoms with Gasteiger partial charge in [0, 0.05) is 10.6 Å². The molecule has 3 aromatic rings. The minimum Gasteiger partial charge on any atom is -0.325 e. The Balaban J connectivity index is 1.89. The molecule has 0 aliphatic heterocycles. The van der Waals surface area contributed by atoms with Gasteiger partial charge >= 0.3 is 0 Å². The Hall–Kier alpha value is -2.25. The van der Waals surface area contributed by atoms with Crippen molar-refractivity contribution < 1.29 is 4.79 Å². The number of nitrogens with one attached hydrogen (secondary N) is 2. The van der Waals surface area contributed by atoms with Gasteiger partial charge in [0.1, 0.15) is 11.4 Å². The highest BCUT2D eigenvalue weighted by molar-refractivity contribution is 7.71. The van der Waals surface area contributed by atoms with Crippen LogP contribution in [-0.4, -0.2) is 15.5 Å². The van der Waals surface area contributed by atoms with Crippen molar-refractivity contribution in [2.75, 3.05) is 5.32 Å². The van der Waals surface area contributed by atoms with E-state index in [-0.39, 0.29) is 22.8 Å². The number of thiophene rings is 1. The minimum absolute atomic E-state index is 0.117. The quantitative estimate of drug-likeness (QED) is 0.681. The van der Waals surface area contributed by atoms with Gasteiger partial charge in [-0.2, -0.15) is 0 Å². The van der Waals surface area contributed by atoms with Gasteiger partial charge in [-0.1, -0.05) is 13.0 Å². The van der Waals surface area contributed by atoms with E-state index >= 15 is 0 Å². The van der Waals surface area contributed by atoms with E-state index in [4.69, 9.17) is 12.2 Å². The van der Waals surface area contributed by atoms with Gasteiger partial charge in [0.15, 0.2) is 4.77 Å². The van der Waals surface area contributed by atoms with Crippen molar-refractivity contribution >= 4 is 45.4 Å². The molecule has 0 aliphatic carbocycles. The van der Waals surface area contributed by atoms with Gasteiger partial charge in [0.05, 0.1) is 5.39 Å². The Kier molecular flexibility index (Phi) is 4.87. The number of H-pyrrole nitrogens is 1. The third kappa shape index (κ3) is 3.57. The fourth-order valence-electron chi connectivity index (χ4n) is 2.58. The summed E-state index contributed by atoms with van der Waals surface area (Å²) in [6.45, 7) is 5.92. The standard InChI is InChI=1S/C18H19N3O2S2/c1-4-13-8-14-16(25-13)20-18(24)21(17(14)23)9-15(22)19-12-6-5-10(2)11(3)7-12/h5-8H,4,9H2,1-3H3,(H,19,22)(H,20,24). The summed E-state index contributed by atoms with van der Waals surface area (Å²) in [7, 11) is 0. The second kappa shape index (κ2) is 6.93. The predicted octanol–water partition coefficient (Wildman–Crippen LogP) is 3.94. The zero-order valence-electron chi connectivity index (χ0n) is 14.3. The SMILES string of the molecule is CCc1cc2c(=O)n(CC(=O)Nc3ccc(C)c(C)c3)c(=S)[nH]c2s1. The number of hydrogen-bond donors (Lipinski definition) is 2. The average molecular weight is 374 g/mol. The van der Waals surface area contributed by atoms with Crippen LogP contribution in [0, 0.1) is 18.6 Å². The van der Waals surface area contributed by atoms with Crippen LogP contribution < -0.4 is 10.9 Å². The van der Waals surface area contributed by atoms with Gasteiger partial charge in [0.25, 0.3) is 5.56 Å². The maximum Gasteiger partial charge on any atom is 0.263 e. The molecule has 0 saturated heterocycles. The largest absolute Gasteiger partial charge is 0.325 e. The van der Waals surface area contributed by atoms with Gasteiger partial charge < -0.3 is 10.3 Å². The Bertz CT molecular complexity index is 1080. The number of fused-ring (bicyclic) bond motifs is 1. The number of aryl methyl sites for hydroxylation is 3. The summed E-state index contributed by atoms with van der Waals surface area (Å²) in [6.07, 6.45) is 0.854. The molecule has 0 unspecified atom stereocenters. The van der Waals surface area contributed by atoms with Gasteiger partial charge in [-0.25, -0.2) is 0 Å². The molecule has 5 nitrogen and oxygen atoms in total. The number of aromatic nitrogens is 2. The first kappa shape index (κ1) is 17.6. The molecule has 3 rings (SSSR count). The molecule has 2 N–H and O–H groups in total. The minimum atomic E-state index is -0.282. The molecular weight excluding hydrogens is 354 g/mol. The monoisotopic (exact) mass is 373 g/mol. The number of nitrogens with zero attached hydrogens (tertiary/aromatic N) is 1. The zero-order valence-corrected chi connectivity index (χ0v) is 15.9. The lowest BCUT2D eigenvalue weighted by molar-refractivity contribution is -0.116. The Morgan fingerprint density at radius 3 is 2.72 bits per heavy atom. The molecule has 2 aromatic heterocycles. The maximum absolute atomic E-state index is 12.7. The molecule has 0 bridgehead atoms. The van der Waals surface area contributed by atoms with Gasteiger partial charge in [-0.3, -0.25) is 14.2 Å². The number of benzene rings is 1. The molecule has 2 heterocycles. The molecule has 0 spiro atoms. The molecule has 0 atom stereocenters. The van der Waals surface area contributed by atoms with Crippen molar-refractivity contribution in [3.05, 3.63) is 55.4 Å². The Morgan fingerprint density at radius 1 is 1.28 bits per heavy atom. The van der Waals surface area contributed by atoms with E-state index in [0.717, 1.165) is 27.3 Å². The van der Waals surface area contributed by atoms with E-state index < -0.39 is 0 Å². The van der Waals surface area contributed by atoms with Gasteiger partial charge in [0.2, 0.25) is 5.91 Å². The third-order valence-corrected chi connectivity index (χ3v) is 5.68. The van der Waals surface area contributed by atoms with Crippen LogP contribution in [0.15, 0.2) is 29.1 Å². The van der Waals surface area contributed by atoms with Crippen LogP contribution in [0.2, 0.25) is 0 Å². The van der Waals surface area contributed by atoms with Crippen molar-refractivity contribution in [1.29, 1.82) is 0 Å². The Morgan fingerprint density at radius 2 is 2.04 bits per heavy atom. The lowest BCUT2D eigenvalue weighted by Crippen LogP contribution is -2.28. The van der Waals surface area contributed by atoms with E-state index in [1.807, 2.05) is 45.0 Å². The van der Waals surface area contributed by atoms with Crippen molar-refractivity contribution in [2.24, 2.45) is 0 Å². The van der Waals surface area contributed by atoms with Crippen molar-refractivity contribution in [3.8, 4) is 0 Å². The van der Waals surface area contributed by atoms with E-state index in [1.54, 1.807) is 0 Å². The molecule has 0 fully saturated rings. The highest BCUT2D eigenvalue weighted by atomic mass is 32.1. The lowest BCUT2D eigenvalue weighted by Gasteiger charge is -2.09. The molecule has 1 aromatic carbocycles. The summed E-state index contributed by atoms with van der Waals surface area (Å²) in [5, 5.41) is 3.40. The first-order valence-electron chi connectivity index (χ1n) is 8.01. The summed E-state index contributed by atoms with van der Waals surface area (Å²) in [5.41, 5.74) is 2.73. The van der Waals surface area contributed by atoms with Crippen molar-refractivity contribution in [2.45, 2.75) is 33.7 Å². The highest BCUT2D eigenvalue weighted by Gasteiger charge is 2.12. The number of aromatic amines is 1. The summed E-state index contributed by atoms with van der Waals surface area (Å²) in [6, 6.07) is 7.57. The van der Waals surface area contributed by atoms with Crippen LogP contribution in [0.5, 0.6) is 0 Å². The third-order valence-electron chi connectivity index (χ3n) is 4.17. The first-order valence-corrected chi connectivity index (χ1v) is 9.24. The molecule has 1 amide bonds. The number of hydrogen-bond acceptors (Lipinski definition) is 4. The van der Waals surface area contributed by atoms with Crippen molar-refractivity contribution in [1.82, 2.24) is 9.55 Å².